The summed E-state index contributed by atoms with van der Waals surface area (Å²) < 4.78 is 30.5. The van der Waals surface area contributed by atoms with Crippen LogP contribution < -0.4 is 14.2 Å². The Balaban J connectivity index is 1.62. The number of aryl methyl sites for hydroxylation is 3. The molecule has 0 aromatic heterocycles. The van der Waals surface area contributed by atoms with E-state index in [1.807, 2.05) is 93.6 Å². The SMILES string of the molecule is CC(=O)O[C@@H]1[C@@H](Oc2ccc(C)cc2)[C@@H](Cl)O[C@H](COc2ccc(C)cc2)[C@H]1Oc1ccc(C)cc1. The molecule has 6 nitrogen and oxygen atoms in total. The average Bonchev–Trinajstić information content (AvgIpc) is 2.85. The first kappa shape index (κ1) is 25.9. The van der Waals surface area contributed by atoms with Crippen LogP contribution in [-0.4, -0.2) is 42.6 Å². The second-order valence-corrected chi connectivity index (χ2v) is 9.44. The molecule has 1 aliphatic heterocycles. The predicted octanol–water partition coefficient (Wildman–Crippen LogP) is 5.78. The highest BCUT2D eigenvalue weighted by Crippen LogP contribution is 2.33. The van der Waals surface area contributed by atoms with Gasteiger partial charge in [0.25, 0.3) is 0 Å². The number of ether oxygens (including phenoxy) is 5. The van der Waals surface area contributed by atoms with Gasteiger partial charge in [-0.15, -0.1) is 0 Å². The van der Waals surface area contributed by atoms with E-state index in [2.05, 4.69) is 0 Å². The third kappa shape index (κ3) is 6.71. The van der Waals surface area contributed by atoms with E-state index in [9.17, 15) is 4.79 Å². The number of carbonyl (C=O) groups excluding carboxylic acids is 1. The summed E-state index contributed by atoms with van der Waals surface area (Å²) in [4.78, 5) is 12.2. The van der Waals surface area contributed by atoms with Crippen molar-refractivity contribution in [3.8, 4) is 17.2 Å². The molecule has 0 unspecified atom stereocenters. The van der Waals surface area contributed by atoms with E-state index < -0.39 is 35.9 Å². The van der Waals surface area contributed by atoms with Gasteiger partial charge < -0.3 is 23.7 Å². The number of benzene rings is 3. The van der Waals surface area contributed by atoms with Gasteiger partial charge in [-0.3, -0.25) is 4.79 Å². The summed E-state index contributed by atoms with van der Waals surface area (Å²) in [5, 5.41) is 0. The van der Waals surface area contributed by atoms with Gasteiger partial charge in [-0.1, -0.05) is 64.7 Å². The standard InChI is InChI=1S/C29H31ClO6/c1-18-5-11-22(12-6-18)32-17-25-26(34-23-13-7-19(2)8-14-23)27(33-21(4)31)28(29(30)36-25)35-24-15-9-20(3)10-16-24/h5-16,25-29H,17H2,1-4H3/t25-,26-,27+,28-,29+/m1/s1. The lowest BCUT2D eigenvalue weighted by atomic mass is 9.99. The van der Waals surface area contributed by atoms with Gasteiger partial charge in [0.15, 0.2) is 23.9 Å². The van der Waals surface area contributed by atoms with Crippen LogP contribution in [0.4, 0.5) is 0 Å². The Morgan fingerprint density at radius 1 is 0.722 bits per heavy atom. The zero-order chi connectivity index (χ0) is 25.7. The van der Waals surface area contributed by atoms with Crippen LogP contribution in [0.25, 0.3) is 0 Å². The van der Waals surface area contributed by atoms with Crippen molar-refractivity contribution in [2.24, 2.45) is 0 Å². The summed E-state index contributed by atoms with van der Waals surface area (Å²) in [6.07, 6.45) is -3.05. The number of alkyl halides is 1. The molecule has 3 aromatic carbocycles. The topological polar surface area (TPSA) is 63.2 Å². The molecule has 0 bridgehead atoms. The van der Waals surface area contributed by atoms with E-state index in [-0.39, 0.29) is 6.61 Å². The average molecular weight is 511 g/mol. The summed E-state index contributed by atoms with van der Waals surface area (Å²) in [5.74, 6) is 1.40. The highest BCUT2D eigenvalue weighted by Gasteiger charge is 2.51. The Labute approximate surface area is 217 Å². The van der Waals surface area contributed by atoms with Crippen molar-refractivity contribution in [3.05, 3.63) is 89.5 Å². The predicted molar refractivity (Wildman–Crippen MR) is 138 cm³/mol. The molecule has 4 rings (SSSR count). The van der Waals surface area contributed by atoms with Crippen molar-refractivity contribution in [1.29, 1.82) is 0 Å². The van der Waals surface area contributed by atoms with Crippen LogP contribution in [0.1, 0.15) is 23.6 Å². The van der Waals surface area contributed by atoms with Crippen molar-refractivity contribution in [1.82, 2.24) is 0 Å². The molecule has 0 N–H and O–H groups in total. The zero-order valence-electron chi connectivity index (χ0n) is 20.8. The molecule has 1 heterocycles. The van der Waals surface area contributed by atoms with Gasteiger partial charge in [-0.2, -0.15) is 0 Å². The molecular formula is C29H31ClO6. The maximum absolute atomic E-state index is 12.2. The smallest absolute Gasteiger partial charge is 0.303 e. The third-order valence-corrected chi connectivity index (χ3v) is 6.25. The van der Waals surface area contributed by atoms with Gasteiger partial charge in [0.05, 0.1) is 0 Å². The van der Waals surface area contributed by atoms with Crippen LogP contribution in [0, 0.1) is 20.8 Å². The van der Waals surface area contributed by atoms with E-state index in [0.717, 1.165) is 16.7 Å². The van der Waals surface area contributed by atoms with Crippen molar-refractivity contribution >= 4 is 17.6 Å². The van der Waals surface area contributed by atoms with Gasteiger partial charge in [0.1, 0.15) is 30.0 Å². The molecule has 1 fully saturated rings. The van der Waals surface area contributed by atoms with Crippen molar-refractivity contribution in [3.63, 3.8) is 0 Å². The maximum Gasteiger partial charge on any atom is 0.303 e. The quantitative estimate of drug-likeness (QED) is 0.283. The van der Waals surface area contributed by atoms with Crippen LogP contribution in [0.5, 0.6) is 17.2 Å². The summed E-state index contributed by atoms with van der Waals surface area (Å²) in [6.45, 7) is 7.48. The van der Waals surface area contributed by atoms with Gasteiger partial charge in [0, 0.05) is 6.92 Å². The van der Waals surface area contributed by atoms with Crippen LogP contribution in [0.2, 0.25) is 0 Å². The van der Waals surface area contributed by atoms with Crippen LogP contribution in [0.3, 0.4) is 0 Å². The Kier molecular flexibility index (Phi) is 8.39. The Morgan fingerprint density at radius 3 is 1.64 bits per heavy atom. The van der Waals surface area contributed by atoms with E-state index in [1.54, 1.807) is 0 Å². The number of hydrogen-bond donors (Lipinski definition) is 0. The molecule has 0 spiro atoms. The largest absolute Gasteiger partial charge is 0.491 e. The Bertz CT molecular complexity index is 1130. The molecule has 5 atom stereocenters. The first-order valence-corrected chi connectivity index (χ1v) is 12.3. The van der Waals surface area contributed by atoms with E-state index in [0.29, 0.717) is 17.2 Å². The highest BCUT2D eigenvalue weighted by molar-refractivity contribution is 6.20. The number of carbonyl (C=O) groups is 1. The molecule has 0 radical (unpaired) electrons. The second-order valence-electron chi connectivity index (χ2n) is 9.01. The first-order valence-electron chi connectivity index (χ1n) is 11.9. The zero-order valence-corrected chi connectivity index (χ0v) is 21.6. The van der Waals surface area contributed by atoms with Crippen molar-refractivity contribution in [2.45, 2.75) is 57.7 Å². The molecule has 36 heavy (non-hydrogen) atoms. The lowest BCUT2D eigenvalue weighted by Crippen LogP contribution is -2.62. The fraction of sp³-hybridized carbons (Fsp3) is 0.345. The number of rotatable bonds is 8. The van der Waals surface area contributed by atoms with Crippen molar-refractivity contribution < 1.29 is 28.5 Å². The number of esters is 1. The Morgan fingerprint density at radius 2 is 1.17 bits per heavy atom. The summed E-state index contributed by atoms with van der Waals surface area (Å²) >= 11 is 6.68. The normalized spacial score (nSPS) is 23.5. The fourth-order valence-electron chi connectivity index (χ4n) is 3.95. The molecule has 3 aromatic rings. The summed E-state index contributed by atoms with van der Waals surface area (Å²) in [6, 6.07) is 22.9. The minimum atomic E-state index is -0.917. The van der Waals surface area contributed by atoms with Crippen LogP contribution in [-0.2, 0) is 14.3 Å². The van der Waals surface area contributed by atoms with Gasteiger partial charge >= 0.3 is 5.97 Å². The molecule has 7 heteroatoms. The molecule has 1 aliphatic rings. The maximum atomic E-state index is 12.2. The highest BCUT2D eigenvalue weighted by atomic mass is 35.5. The van der Waals surface area contributed by atoms with Gasteiger partial charge in [0.2, 0.25) is 0 Å². The van der Waals surface area contributed by atoms with E-state index in [1.165, 1.54) is 6.92 Å². The summed E-state index contributed by atoms with van der Waals surface area (Å²) in [7, 11) is 0. The minimum absolute atomic E-state index is 0.137. The molecular weight excluding hydrogens is 480 g/mol. The third-order valence-electron chi connectivity index (χ3n) is 5.90. The lowest BCUT2D eigenvalue weighted by Gasteiger charge is -2.43. The number of halogens is 1. The molecule has 190 valence electrons. The lowest BCUT2D eigenvalue weighted by molar-refractivity contribution is -0.208. The first-order chi connectivity index (χ1) is 17.3. The van der Waals surface area contributed by atoms with E-state index >= 15 is 0 Å². The van der Waals surface area contributed by atoms with Crippen molar-refractivity contribution in [2.75, 3.05) is 6.61 Å². The minimum Gasteiger partial charge on any atom is -0.491 e. The molecule has 0 aliphatic carbocycles. The van der Waals surface area contributed by atoms with Crippen LogP contribution in [0.15, 0.2) is 72.8 Å². The number of hydrogen-bond acceptors (Lipinski definition) is 6. The molecule has 0 amide bonds. The molecule has 0 saturated carbocycles. The summed E-state index contributed by atoms with van der Waals surface area (Å²) in [5.41, 5.74) is 2.40. The second kappa shape index (κ2) is 11.7. The fourth-order valence-corrected chi connectivity index (χ4v) is 4.28. The van der Waals surface area contributed by atoms with Gasteiger partial charge in [-0.25, -0.2) is 0 Å². The van der Waals surface area contributed by atoms with Gasteiger partial charge in [-0.05, 0) is 57.2 Å². The van der Waals surface area contributed by atoms with Crippen LogP contribution >= 0.6 is 11.6 Å². The van der Waals surface area contributed by atoms with E-state index in [4.69, 9.17) is 35.3 Å². The molecule has 1 saturated heterocycles. The monoisotopic (exact) mass is 510 g/mol. The Hall–Kier alpha value is -3.22.